The number of methoxy groups -OCH3 is 1. The van der Waals surface area contributed by atoms with Crippen LogP contribution in [0.2, 0.25) is 0 Å². The van der Waals surface area contributed by atoms with Gasteiger partial charge in [-0.25, -0.2) is 4.39 Å². The van der Waals surface area contributed by atoms with Crippen LogP contribution in [0.1, 0.15) is 36.1 Å². The molecule has 0 spiro atoms. The molecule has 1 saturated carbocycles. The summed E-state index contributed by atoms with van der Waals surface area (Å²) in [4.78, 5) is 12.7. The smallest absolute Gasteiger partial charge is 0.251 e. The second-order valence-corrected chi connectivity index (χ2v) is 7.41. The molecule has 2 aromatic carbocycles. The van der Waals surface area contributed by atoms with Gasteiger partial charge in [0.05, 0.1) is 19.8 Å². The van der Waals surface area contributed by atoms with Crippen LogP contribution in [-0.2, 0) is 4.74 Å². The predicted molar refractivity (Wildman–Crippen MR) is 110 cm³/mol. The van der Waals surface area contributed by atoms with Crippen LogP contribution in [0.5, 0.6) is 5.75 Å². The molecular formula is C24H24FNO3. The fourth-order valence-corrected chi connectivity index (χ4v) is 3.50. The van der Waals surface area contributed by atoms with Crippen molar-refractivity contribution >= 4 is 0 Å². The molecule has 1 aliphatic rings. The van der Waals surface area contributed by atoms with Crippen molar-refractivity contribution in [2.45, 2.75) is 25.0 Å². The lowest BCUT2D eigenvalue weighted by molar-refractivity contribution is 0.0182. The third-order valence-electron chi connectivity index (χ3n) is 5.30. The van der Waals surface area contributed by atoms with Gasteiger partial charge < -0.3 is 14.0 Å². The number of halogens is 1. The molecule has 0 saturated heterocycles. The molecule has 1 heterocycles. The van der Waals surface area contributed by atoms with E-state index in [0.29, 0.717) is 12.5 Å². The summed E-state index contributed by atoms with van der Waals surface area (Å²) in [5, 5.41) is 0. The van der Waals surface area contributed by atoms with Gasteiger partial charge in [-0.05, 0) is 60.2 Å². The molecule has 5 heteroatoms. The van der Waals surface area contributed by atoms with E-state index in [-0.39, 0.29) is 11.4 Å². The van der Waals surface area contributed by atoms with Gasteiger partial charge in [0.1, 0.15) is 17.7 Å². The highest BCUT2D eigenvalue weighted by Crippen LogP contribution is 2.38. The van der Waals surface area contributed by atoms with E-state index in [9.17, 15) is 9.18 Å². The molecular weight excluding hydrogens is 369 g/mol. The van der Waals surface area contributed by atoms with E-state index in [0.717, 1.165) is 16.9 Å². The molecule has 0 aliphatic heterocycles. The summed E-state index contributed by atoms with van der Waals surface area (Å²) < 4.78 is 26.9. The van der Waals surface area contributed by atoms with Gasteiger partial charge in [0.2, 0.25) is 0 Å². The van der Waals surface area contributed by atoms with Crippen LogP contribution >= 0.6 is 0 Å². The first-order valence-electron chi connectivity index (χ1n) is 9.84. The quantitative estimate of drug-likeness (QED) is 0.554. The van der Waals surface area contributed by atoms with E-state index in [1.807, 2.05) is 30.3 Å². The van der Waals surface area contributed by atoms with Gasteiger partial charge in [0, 0.05) is 12.3 Å². The normalized spacial score (nSPS) is 15.7. The van der Waals surface area contributed by atoms with Crippen LogP contribution in [0.25, 0.3) is 0 Å². The summed E-state index contributed by atoms with van der Waals surface area (Å²) in [6, 6.07) is 18.6. The summed E-state index contributed by atoms with van der Waals surface area (Å²) in [5.41, 5.74) is 1.63. The largest absolute Gasteiger partial charge is 0.497 e. The van der Waals surface area contributed by atoms with Crippen molar-refractivity contribution in [2.75, 3.05) is 13.7 Å². The second-order valence-electron chi connectivity index (χ2n) is 7.41. The molecule has 1 aliphatic carbocycles. The minimum atomic E-state index is -0.420. The zero-order valence-electron chi connectivity index (χ0n) is 16.3. The van der Waals surface area contributed by atoms with Gasteiger partial charge in [-0.2, -0.15) is 0 Å². The molecule has 3 aromatic rings. The highest BCUT2D eigenvalue weighted by molar-refractivity contribution is 5.32. The van der Waals surface area contributed by atoms with Gasteiger partial charge in [0.25, 0.3) is 5.56 Å². The van der Waals surface area contributed by atoms with E-state index in [1.54, 1.807) is 36.1 Å². The molecule has 150 valence electrons. The topological polar surface area (TPSA) is 40.5 Å². The third kappa shape index (κ3) is 4.57. The Morgan fingerprint density at radius 2 is 1.69 bits per heavy atom. The lowest BCUT2D eigenvalue weighted by atomic mass is 9.94. The fraction of sp³-hybridized carbons (Fsp3) is 0.292. The summed E-state index contributed by atoms with van der Waals surface area (Å²) >= 11 is 0. The second kappa shape index (κ2) is 8.62. The van der Waals surface area contributed by atoms with Gasteiger partial charge in [0.15, 0.2) is 0 Å². The van der Waals surface area contributed by atoms with Crippen molar-refractivity contribution in [1.82, 2.24) is 4.57 Å². The highest BCUT2D eigenvalue weighted by atomic mass is 19.1. The Bertz CT molecular complexity index is 994. The Balaban J connectivity index is 1.80. The molecule has 0 N–H and O–H groups in total. The van der Waals surface area contributed by atoms with Crippen molar-refractivity contribution < 1.29 is 13.9 Å². The number of pyridine rings is 1. The minimum Gasteiger partial charge on any atom is -0.497 e. The average Bonchev–Trinajstić information content (AvgIpc) is 3.58. The van der Waals surface area contributed by atoms with Crippen molar-refractivity contribution in [3.63, 3.8) is 0 Å². The predicted octanol–water partition coefficient (Wildman–Crippen LogP) is 4.75. The number of rotatable bonds is 8. The van der Waals surface area contributed by atoms with Crippen LogP contribution in [0, 0.1) is 11.7 Å². The Kier molecular flexibility index (Phi) is 5.76. The van der Waals surface area contributed by atoms with Crippen molar-refractivity contribution in [3.8, 4) is 5.75 Å². The number of hydrogen-bond acceptors (Lipinski definition) is 3. The summed E-state index contributed by atoms with van der Waals surface area (Å²) in [6.45, 7) is 0.635. The van der Waals surface area contributed by atoms with E-state index in [1.165, 1.54) is 31.0 Å². The van der Waals surface area contributed by atoms with Crippen LogP contribution in [-0.4, -0.2) is 18.3 Å². The van der Waals surface area contributed by atoms with E-state index >= 15 is 0 Å². The molecule has 1 aromatic heterocycles. The zero-order valence-corrected chi connectivity index (χ0v) is 16.3. The van der Waals surface area contributed by atoms with Crippen molar-refractivity contribution in [1.29, 1.82) is 0 Å². The first-order valence-corrected chi connectivity index (χ1v) is 9.84. The van der Waals surface area contributed by atoms with Crippen molar-refractivity contribution in [3.05, 3.63) is 100 Å². The maximum Gasteiger partial charge on any atom is 0.251 e. The number of ether oxygens (including phenoxy) is 2. The number of aromatic nitrogens is 1. The zero-order chi connectivity index (χ0) is 20.2. The van der Waals surface area contributed by atoms with E-state index in [2.05, 4.69) is 0 Å². The molecule has 0 radical (unpaired) electrons. The maximum absolute atomic E-state index is 13.6. The SMILES string of the molecule is COc1ccc(C(OCC2CC2)[C@H](c2ccc(F)cc2)n2ccccc2=O)cc1. The van der Waals surface area contributed by atoms with Crippen LogP contribution in [0.15, 0.2) is 77.7 Å². The Hall–Kier alpha value is -2.92. The number of benzene rings is 2. The molecule has 1 fully saturated rings. The average molecular weight is 393 g/mol. The summed E-state index contributed by atoms with van der Waals surface area (Å²) in [7, 11) is 1.63. The standard InChI is InChI=1S/C24H24FNO3/c1-28-21-13-9-19(10-14-21)24(29-16-17-5-6-17)23(18-7-11-20(25)12-8-18)26-15-3-2-4-22(26)27/h2-4,7-15,17,23-24H,5-6,16H2,1H3/t23-,24?/m0/s1. The Labute approximate surface area is 169 Å². The molecule has 4 nitrogen and oxygen atoms in total. The minimum absolute atomic E-state index is 0.129. The third-order valence-corrected chi connectivity index (χ3v) is 5.30. The number of nitrogens with zero attached hydrogens (tertiary/aromatic N) is 1. The summed E-state index contributed by atoms with van der Waals surface area (Å²) in [6.07, 6.45) is 3.70. The van der Waals surface area contributed by atoms with Gasteiger partial charge in [-0.3, -0.25) is 4.79 Å². The van der Waals surface area contributed by atoms with E-state index in [4.69, 9.17) is 9.47 Å². The van der Waals surface area contributed by atoms with Crippen LogP contribution < -0.4 is 10.3 Å². The summed E-state index contributed by atoms with van der Waals surface area (Å²) in [5.74, 6) is 1.01. The number of hydrogen-bond donors (Lipinski definition) is 0. The van der Waals surface area contributed by atoms with Crippen molar-refractivity contribution in [2.24, 2.45) is 5.92 Å². The molecule has 4 rings (SSSR count). The first-order chi connectivity index (χ1) is 14.2. The monoisotopic (exact) mass is 393 g/mol. The Morgan fingerprint density at radius 1 is 1.00 bits per heavy atom. The Morgan fingerprint density at radius 3 is 2.31 bits per heavy atom. The molecule has 29 heavy (non-hydrogen) atoms. The highest BCUT2D eigenvalue weighted by Gasteiger charge is 2.31. The maximum atomic E-state index is 13.6. The lowest BCUT2D eigenvalue weighted by Gasteiger charge is -2.30. The molecule has 2 atom stereocenters. The van der Waals surface area contributed by atoms with Crippen LogP contribution in [0.3, 0.4) is 0 Å². The lowest BCUT2D eigenvalue weighted by Crippen LogP contribution is -2.30. The van der Waals surface area contributed by atoms with Gasteiger partial charge in [-0.1, -0.05) is 30.3 Å². The van der Waals surface area contributed by atoms with Gasteiger partial charge >= 0.3 is 0 Å². The van der Waals surface area contributed by atoms with Crippen LogP contribution in [0.4, 0.5) is 4.39 Å². The van der Waals surface area contributed by atoms with E-state index < -0.39 is 12.1 Å². The first kappa shape index (κ1) is 19.4. The molecule has 1 unspecified atom stereocenters. The fourth-order valence-electron chi connectivity index (χ4n) is 3.50. The van der Waals surface area contributed by atoms with Gasteiger partial charge in [-0.15, -0.1) is 0 Å². The molecule has 0 bridgehead atoms. The molecule has 0 amide bonds.